The molecule has 0 aliphatic carbocycles. The molecule has 1 aromatic carbocycles. The summed E-state index contributed by atoms with van der Waals surface area (Å²) in [5.41, 5.74) is 0. The van der Waals surface area contributed by atoms with Crippen LogP contribution in [0, 0.1) is 17.6 Å². The Morgan fingerprint density at radius 2 is 1.88 bits per heavy atom. The average Bonchev–Trinajstić information content (AvgIpc) is 2.14. The van der Waals surface area contributed by atoms with E-state index in [-0.39, 0.29) is 12.4 Å². The van der Waals surface area contributed by atoms with Crippen LogP contribution in [0.2, 0.25) is 0 Å². The van der Waals surface area contributed by atoms with Crippen LogP contribution in [-0.4, -0.2) is 20.8 Å². The van der Waals surface area contributed by atoms with E-state index in [1.54, 1.807) is 6.92 Å². The lowest BCUT2D eigenvalue weighted by Gasteiger charge is -2.12. The maximum absolute atomic E-state index is 13.1. The molecule has 1 rings (SSSR count). The van der Waals surface area contributed by atoms with E-state index in [1.165, 1.54) is 6.07 Å². The molecule has 0 fully saturated rings. The lowest BCUT2D eigenvalue weighted by Crippen LogP contribution is -2.17. The molecule has 0 spiro atoms. The molecule has 0 aromatic heterocycles. The van der Waals surface area contributed by atoms with E-state index in [0.29, 0.717) is 0 Å². The summed E-state index contributed by atoms with van der Waals surface area (Å²) in [5, 5.41) is 0. The zero-order valence-corrected chi connectivity index (χ0v) is 10.6. The van der Waals surface area contributed by atoms with Gasteiger partial charge < -0.3 is 4.74 Å². The standard InChI is InChI=1S/C10H11ClF2O3S/c1-7(6-17(11,14)15)5-16-10-8(12)3-2-4-9(10)13/h2-4,7H,5-6H2,1H3. The quantitative estimate of drug-likeness (QED) is 0.781. The van der Waals surface area contributed by atoms with Gasteiger partial charge in [0.2, 0.25) is 9.05 Å². The minimum absolute atomic E-state index is 0.135. The number of hydrogen-bond donors (Lipinski definition) is 0. The van der Waals surface area contributed by atoms with Gasteiger partial charge in [0, 0.05) is 16.6 Å². The summed E-state index contributed by atoms with van der Waals surface area (Å²) in [7, 11) is 1.40. The van der Waals surface area contributed by atoms with Crippen molar-refractivity contribution in [2.75, 3.05) is 12.4 Å². The average molecular weight is 285 g/mol. The van der Waals surface area contributed by atoms with E-state index in [9.17, 15) is 17.2 Å². The normalized spacial score (nSPS) is 13.4. The highest BCUT2D eigenvalue weighted by Crippen LogP contribution is 2.21. The molecule has 1 unspecified atom stereocenters. The van der Waals surface area contributed by atoms with Gasteiger partial charge >= 0.3 is 0 Å². The number of benzene rings is 1. The Morgan fingerprint density at radius 1 is 1.35 bits per heavy atom. The summed E-state index contributed by atoms with van der Waals surface area (Å²) in [5.74, 6) is -2.94. The van der Waals surface area contributed by atoms with Gasteiger partial charge in [0.05, 0.1) is 12.4 Å². The van der Waals surface area contributed by atoms with Crippen LogP contribution >= 0.6 is 10.7 Å². The summed E-state index contributed by atoms with van der Waals surface area (Å²) in [6.07, 6.45) is 0. The second kappa shape index (κ2) is 5.64. The van der Waals surface area contributed by atoms with E-state index >= 15 is 0 Å². The van der Waals surface area contributed by atoms with Crippen LogP contribution < -0.4 is 4.74 Å². The van der Waals surface area contributed by atoms with Crippen LogP contribution in [0.5, 0.6) is 5.75 Å². The van der Waals surface area contributed by atoms with Gasteiger partial charge in [-0.15, -0.1) is 0 Å². The van der Waals surface area contributed by atoms with Crippen LogP contribution in [0.1, 0.15) is 6.92 Å². The second-order valence-corrected chi connectivity index (χ2v) is 6.49. The van der Waals surface area contributed by atoms with Crippen molar-refractivity contribution in [2.24, 2.45) is 5.92 Å². The maximum Gasteiger partial charge on any atom is 0.232 e. The van der Waals surface area contributed by atoms with E-state index in [1.807, 2.05) is 0 Å². The Hall–Kier alpha value is -0.880. The smallest absolute Gasteiger partial charge is 0.232 e. The molecule has 0 radical (unpaired) electrons. The molecule has 0 saturated heterocycles. The van der Waals surface area contributed by atoms with Gasteiger partial charge in [0.1, 0.15) is 0 Å². The first-order valence-electron chi connectivity index (χ1n) is 4.78. The molecular weight excluding hydrogens is 274 g/mol. The van der Waals surface area contributed by atoms with Gasteiger partial charge in [-0.3, -0.25) is 0 Å². The summed E-state index contributed by atoms with van der Waals surface area (Å²) < 4.78 is 52.7. The Balaban J connectivity index is 2.62. The number of para-hydroxylation sites is 1. The fourth-order valence-corrected chi connectivity index (χ4v) is 2.66. The van der Waals surface area contributed by atoms with Crippen molar-refractivity contribution >= 4 is 19.7 Å². The molecule has 96 valence electrons. The first-order valence-corrected chi connectivity index (χ1v) is 7.26. The monoisotopic (exact) mass is 284 g/mol. The molecule has 17 heavy (non-hydrogen) atoms. The van der Waals surface area contributed by atoms with Crippen molar-refractivity contribution in [3.8, 4) is 5.75 Å². The summed E-state index contributed by atoms with van der Waals surface area (Å²) >= 11 is 0. The lowest BCUT2D eigenvalue weighted by atomic mass is 10.2. The molecule has 0 aliphatic heterocycles. The molecule has 0 amide bonds. The predicted molar refractivity (Wildman–Crippen MR) is 60.7 cm³/mol. The van der Waals surface area contributed by atoms with Crippen molar-refractivity contribution in [3.05, 3.63) is 29.8 Å². The van der Waals surface area contributed by atoms with Crippen molar-refractivity contribution in [1.82, 2.24) is 0 Å². The van der Waals surface area contributed by atoms with E-state index < -0.39 is 32.4 Å². The second-order valence-electron chi connectivity index (χ2n) is 3.67. The zero-order valence-electron chi connectivity index (χ0n) is 8.99. The molecule has 0 N–H and O–H groups in total. The first-order chi connectivity index (χ1) is 7.79. The van der Waals surface area contributed by atoms with E-state index in [4.69, 9.17) is 15.4 Å². The highest BCUT2D eigenvalue weighted by Gasteiger charge is 2.15. The van der Waals surface area contributed by atoms with Crippen LogP contribution in [-0.2, 0) is 9.05 Å². The molecule has 0 aliphatic rings. The molecule has 0 heterocycles. The first kappa shape index (κ1) is 14.2. The third kappa shape index (κ3) is 4.87. The topological polar surface area (TPSA) is 43.4 Å². The van der Waals surface area contributed by atoms with Crippen LogP contribution in [0.4, 0.5) is 8.78 Å². The Morgan fingerprint density at radius 3 is 2.35 bits per heavy atom. The van der Waals surface area contributed by atoms with Crippen molar-refractivity contribution < 1.29 is 21.9 Å². The summed E-state index contributed by atoms with van der Waals surface area (Å²) in [4.78, 5) is 0. The molecule has 3 nitrogen and oxygen atoms in total. The fraction of sp³-hybridized carbons (Fsp3) is 0.400. The van der Waals surface area contributed by atoms with Gasteiger partial charge in [-0.05, 0) is 12.1 Å². The summed E-state index contributed by atoms with van der Waals surface area (Å²) in [6.45, 7) is 1.42. The van der Waals surface area contributed by atoms with Crippen molar-refractivity contribution in [3.63, 3.8) is 0 Å². The minimum Gasteiger partial charge on any atom is -0.487 e. The van der Waals surface area contributed by atoms with E-state index in [2.05, 4.69) is 0 Å². The Bertz CT molecular complexity index is 470. The minimum atomic E-state index is -3.64. The fourth-order valence-electron chi connectivity index (χ4n) is 1.23. The van der Waals surface area contributed by atoms with E-state index in [0.717, 1.165) is 12.1 Å². The number of halogens is 3. The Kier molecular flexibility index (Phi) is 4.70. The van der Waals surface area contributed by atoms with Gasteiger partial charge in [-0.2, -0.15) is 0 Å². The highest BCUT2D eigenvalue weighted by atomic mass is 35.7. The SMILES string of the molecule is CC(COc1c(F)cccc1F)CS(=O)(=O)Cl. The van der Waals surface area contributed by atoms with Crippen LogP contribution in [0.3, 0.4) is 0 Å². The maximum atomic E-state index is 13.1. The number of ether oxygens (including phenoxy) is 1. The lowest BCUT2D eigenvalue weighted by molar-refractivity contribution is 0.248. The van der Waals surface area contributed by atoms with Gasteiger partial charge in [0.15, 0.2) is 17.4 Å². The highest BCUT2D eigenvalue weighted by molar-refractivity contribution is 8.13. The number of rotatable bonds is 5. The zero-order chi connectivity index (χ0) is 13.1. The van der Waals surface area contributed by atoms with Gasteiger partial charge in [0.25, 0.3) is 0 Å². The van der Waals surface area contributed by atoms with Crippen LogP contribution in [0.25, 0.3) is 0 Å². The van der Waals surface area contributed by atoms with Crippen molar-refractivity contribution in [2.45, 2.75) is 6.92 Å². The molecule has 1 aromatic rings. The largest absolute Gasteiger partial charge is 0.487 e. The van der Waals surface area contributed by atoms with Crippen molar-refractivity contribution in [1.29, 1.82) is 0 Å². The molecule has 7 heteroatoms. The third-order valence-corrected chi connectivity index (χ3v) is 3.26. The molecule has 0 saturated carbocycles. The predicted octanol–water partition coefficient (Wildman–Crippen LogP) is 2.55. The van der Waals surface area contributed by atoms with Gasteiger partial charge in [-0.1, -0.05) is 13.0 Å². The van der Waals surface area contributed by atoms with Crippen LogP contribution in [0.15, 0.2) is 18.2 Å². The molecule has 1 atom stereocenters. The molecule has 0 bridgehead atoms. The third-order valence-electron chi connectivity index (χ3n) is 1.91. The molecular formula is C10H11ClF2O3S. The Labute approximate surface area is 103 Å². The number of hydrogen-bond acceptors (Lipinski definition) is 3. The van der Waals surface area contributed by atoms with Gasteiger partial charge in [-0.25, -0.2) is 17.2 Å². The summed E-state index contributed by atoms with van der Waals surface area (Å²) in [6, 6.07) is 3.33.